The summed E-state index contributed by atoms with van der Waals surface area (Å²) in [5, 5.41) is 3.47. The highest BCUT2D eigenvalue weighted by atomic mass is 32.2. The largest absolute Gasteiger partial charge is 0.310 e. The van der Waals surface area contributed by atoms with Gasteiger partial charge in [0.05, 0.1) is 6.61 Å². The quantitative estimate of drug-likeness (QED) is 0.622. The molecule has 4 nitrogen and oxygen atoms in total. The van der Waals surface area contributed by atoms with Crippen molar-refractivity contribution in [3.05, 3.63) is 35.4 Å². The van der Waals surface area contributed by atoms with Crippen molar-refractivity contribution < 1.29 is 12.9 Å². The molecule has 2 rings (SSSR count). The Labute approximate surface area is 104 Å². The summed E-state index contributed by atoms with van der Waals surface area (Å²) in [6.45, 7) is 1.32. The molecule has 0 radical (unpaired) electrons. The molecule has 2 N–H and O–H groups in total. The van der Waals surface area contributed by atoms with Crippen molar-refractivity contribution in [1.82, 2.24) is 5.32 Å². The van der Waals surface area contributed by atoms with E-state index in [1.54, 1.807) is 0 Å². The lowest BCUT2D eigenvalue weighted by atomic mass is 9.92. The lowest BCUT2D eigenvalue weighted by Crippen LogP contribution is -2.29. The summed E-state index contributed by atoms with van der Waals surface area (Å²) in [4.78, 5) is 0. The van der Waals surface area contributed by atoms with Crippen LogP contribution >= 0.6 is 0 Å². The molecule has 1 aliphatic heterocycles. The molecular formula is C12H17NO3S. The van der Waals surface area contributed by atoms with Crippen LogP contribution in [0.15, 0.2) is 24.3 Å². The first-order valence-electron chi connectivity index (χ1n) is 5.82. The van der Waals surface area contributed by atoms with Crippen LogP contribution in [0.1, 0.15) is 30.0 Å². The summed E-state index contributed by atoms with van der Waals surface area (Å²) >= 11 is -2.14. The summed E-state index contributed by atoms with van der Waals surface area (Å²) < 4.78 is 23.4. The van der Waals surface area contributed by atoms with Crippen LogP contribution in [0.2, 0.25) is 0 Å². The normalized spacial score (nSPS) is 20.9. The molecule has 17 heavy (non-hydrogen) atoms. The second kappa shape index (κ2) is 6.26. The van der Waals surface area contributed by atoms with Crippen molar-refractivity contribution in [1.29, 1.82) is 0 Å². The third-order valence-corrected chi connectivity index (χ3v) is 3.41. The van der Waals surface area contributed by atoms with Crippen LogP contribution in [0.4, 0.5) is 0 Å². The SMILES string of the molecule is O=S(O)OCCCC1NCCc2ccccc21. The van der Waals surface area contributed by atoms with Crippen molar-refractivity contribution in [2.45, 2.75) is 25.3 Å². The maximum atomic E-state index is 10.3. The van der Waals surface area contributed by atoms with E-state index in [2.05, 4.69) is 33.8 Å². The Balaban J connectivity index is 1.88. The van der Waals surface area contributed by atoms with Gasteiger partial charge in [0.25, 0.3) is 0 Å². The number of hydrogen-bond donors (Lipinski definition) is 2. The molecule has 1 aromatic carbocycles. The van der Waals surface area contributed by atoms with Crippen LogP contribution in [-0.4, -0.2) is 21.9 Å². The van der Waals surface area contributed by atoms with Crippen molar-refractivity contribution in [2.24, 2.45) is 0 Å². The highest BCUT2D eigenvalue weighted by Crippen LogP contribution is 2.25. The number of fused-ring (bicyclic) bond motifs is 1. The lowest BCUT2D eigenvalue weighted by Gasteiger charge is -2.26. The molecular weight excluding hydrogens is 238 g/mol. The van der Waals surface area contributed by atoms with Gasteiger partial charge >= 0.3 is 11.4 Å². The van der Waals surface area contributed by atoms with Gasteiger partial charge in [-0.2, -0.15) is 4.21 Å². The zero-order chi connectivity index (χ0) is 12.1. The summed E-state index contributed by atoms with van der Waals surface area (Å²) in [6, 6.07) is 8.78. The highest BCUT2D eigenvalue weighted by Gasteiger charge is 2.18. The van der Waals surface area contributed by atoms with Gasteiger partial charge in [-0.15, -0.1) is 0 Å². The Bertz CT molecular complexity index is 397. The van der Waals surface area contributed by atoms with E-state index in [1.807, 2.05) is 0 Å². The van der Waals surface area contributed by atoms with Gasteiger partial charge in [0, 0.05) is 6.04 Å². The molecule has 0 amide bonds. The molecule has 0 aromatic heterocycles. The van der Waals surface area contributed by atoms with Crippen LogP contribution in [-0.2, 0) is 22.0 Å². The first-order valence-corrected chi connectivity index (χ1v) is 6.86. The fraction of sp³-hybridized carbons (Fsp3) is 0.500. The Morgan fingerprint density at radius 2 is 2.29 bits per heavy atom. The monoisotopic (exact) mass is 255 g/mol. The molecule has 0 saturated heterocycles. The summed E-state index contributed by atoms with van der Waals surface area (Å²) in [6.07, 6.45) is 2.77. The smallest absolute Gasteiger partial charge is 0.301 e. The first-order chi connectivity index (χ1) is 8.27. The van der Waals surface area contributed by atoms with E-state index in [9.17, 15) is 4.21 Å². The average molecular weight is 255 g/mol. The molecule has 1 aromatic rings. The minimum atomic E-state index is -2.14. The maximum absolute atomic E-state index is 10.3. The predicted octanol–water partition coefficient (Wildman–Crippen LogP) is 1.81. The molecule has 2 atom stereocenters. The zero-order valence-corrected chi connectivity index (χ0v) is 10.4. The van der Waals surface area contributed by atoms with Crippen molar-refractivity contribution in [3.63, 3.8) is 0 Å². The molecule has 2 unspecified atom stereocenters. The molecule has 5 heteroatoms. The summed E-state index contributed by atoms with van der Waals surface area (Å²) in [7, 11) is 0. The fourth-order valence-electron chi connectivity index (χ4n) is 2.27. The van der Waals surface area contributed by atoms with Crippen molar-refractivity contribution >= 4 is 11.4 Å². The number of hydrogen-bond acceptors (Lipinski definition) is 3. The molecule has 1 aliphatic rings. The predicted molar refractivity (Wildman–Crippen MR) is 66.8 cm³/mol. The zero-order valence-electron chi connectivity index (χ0n) is 9.59. The van der Waals surface area contributed by atoms with Crippen LogP contribution in [0.5, 0.6) is 0 Å². The van der Waals surface area contributed by atoms with Crippen LogP contribution in [0, 0.1) is 0 Å². The lowest BCUT2D eigenvalue weighted by molar-refractivity contribution is 0.288. The molecule has 0 aliphatic carbocycles. The van der Waals surface area contributed by atoms with Crippen LogP contribution in [0.3, 0.4) is 0 Å². The van der Waals surface area contributed by atoms with E-state index in [0.717, 1.165) is 25.8 Å². The molecule has 0 fully saturated rings. The minimum absolute atomic E-state index is 0.323. The van der Waals surface area contributed by atoms with Gasteiger partial charge in [0.15, 0.2) is 0 Å². The highest BCUT2D eigenvalue weighted by molar-refractivity contribution is 7.74. The van der Waals surface area contributed by atoms with E-state index in [-0.39, 0.29) is 0 Å². The standard InChI is InChI=1S/C12H17NO3S/c14-17(15)16-9-3-6-12-11-5-2-1-4-10(11)7-8-13-12/h1-2,4-5,12-13H,3,6-9H2,(H,14,15). The van der Waals surface area contributed by atoms with E-state index in [1.165, 1.54) is 11.1 Å². The van der Waals surface area contributed by atoms with Gasteiger partial charge in [-0.25, -0.2) is 0 Å². The van der Waals surface area contributed by atoms with Crippen LogP contribution < -0.4 is 5.32 Å². The first kappa shape index (κ1) is 12.7. The molecule has 94 valence electrons. The third-order valence-electron chi connectivity index (χ3n) is 3.04. The second-order valence-electron chi connectivity index (χ2n) is 4.14. The van der Waals surface area contributed by atoms with Crippen LogP contribution in [0.25, 0.3) is 0 Å². The maximum Gasteiger partial charge on any atom is 0.301 e. The molecule has 0 bridgehead atoms. The van der Waals surface area contributed by atoms with Gasteiger partial charge in [0.1, 0.15) is 0 Å². The van der Waals surface area contributed by atoms with Gasteiger partial charge in [0.2, 0.25) is 0 Å². The Morgan fingerprint density at radius 3 is 3.12 bits per heavy atom. The van der Waals surface area contributed by atoms with E-state index in [0.29, 0.717) is 12.6 Å². The number of benzene rings is 1. The van der Waals surface area contributed by atoms with Gasteiger partial charge < -0.3 is 5.32 Å². The van der Waals surface area contributed by atoms with Crippen molar-refractivity contribution in [2.75, 3.05) is 13.2 Å². The minimum Gasteiger partial charge on any atom is -0.310 e. The average Bonchev–Trinajstić information content (AvgIpc) is 2.34. The third kappa shape index (κ3) is 3.61. The number of nitrogens with one attached hydrogen (secondary N) is 1. The van der Waals surface area contributed by atoms with E-state index in [4.69, 9.17) is 4.55 Å². The number of rotatable bonds is 5. The molecule has 0 saturated carbocycles. The fourth-order valence-corrected chi connectivity index (χ4v) is 2.53. The van der Waals surface area contributed by atoms with Gasteiger partial charge in [-0.1, -0.05) is 24.3 Å². The van der Waals surface area contributed by atoms with Crippen molar-refractivity contribution in [3.8, 4) is 0 Å². The second-order valence-corrected chi connectivity index (χ2v) is 4.81. The topological polar surface area (TPSA) is 58.6 Å². The Hall–Kier alpha value is -0.750. The molecule has 0 spiro atoms. The van der Waals surface area contributed by atoms with E-state index >= 15 is 0 Å². The summed E-state index contributed by atoms with van der Waals surface area (Å²) in [5.41, 5.74) is 2.76. The molecule has 1 heterocycles. The summed E-state index contributed by atoms with van der Waals surface area (Å²) in [5.74, 6) is 0. The Morgan fingerprint density at radius 1 is 1.47 bits per heavy atom. The van der Waals surface area contributed by atoms with Gasteiger partial charge in [-0.3, -0.25) is 8.74 Å². The van der Waals surface area contributed by atoms with Gasteiger partial charge in [-0.05, 0) is 36.9 Å². The Kier molecular flexibility index (Phi) is 4.67. The van der Waals surface area contributed by atoms with E-state index < -0.39 is 11.4 Å².